The highest BCUT2D eigenvalue weighted by molar-refractivity contribution is 8.02. The second kappa shape index (κ2) is 3.37. The Balaban J connectivity index is 2.00. The lowest BCUT2D eigenvalue weighted by atomic mass is 10.2. The highest BCUT2D eigenvalue weighted by atomic mass is 32.2. The van der Waals surface area contributed by atoms with E-state index in [1.54, 1.807) is 4.57 Å². The number of thiophene rings is 1. The maximum Gasteiger partial charge on any atom is 0.272 e. The monoisotopic (exact) mass is 300 g/mol. The van der Waals surface area contributed by atoms with Gasteiger partial charge in [-0.2, -0.15) is 0 Å². The van der Waals surface area contributed by atoms with Crippen molar-refractivity contribution in [1.29, 1.82) is 0 Å². The summed E-state index contributed by atoms with van der Waals surface area (Å²) in [5.41, 5.74) is 0.619. The molecule has 0 bridgehead atoms. The van der Waals surface area contributed by atoms with Gasteiger partial charge in [0.05, 0.1) is 23.1 Å². The highest BCUT2D eigenvalue weighted by Crippen LogP contribution is 2.43. The number of fused-ring (bicyclic) bond motifs is 4. The molecule has 0 aliphatic carbocycles. The maximum absolute atomic E-state index is 12.4. The molecule has 2 aliphatic rings. The van der Waals surface area contributed by atoms with Crippen LogP contribution in [0.15, 0.2) is 21.4 Å². The molecule has 0 saturated carbocycles. The Morgan fingerprint density at radius 3 is 3.06 bits per heavy atom. The van der Waals surface area contributed by atoms with Crippen molar-refractivity contribution < 1.29 is 8.42 Å². The van der Waals surface area contributed by atoms with Gasteiger partial charge in [0.25, 0.3) is 5.56 Å². The van der Waals surface area contributed by atoms with E-state index in [0.29, 0.717) is 15.4 Å². The van der Waals surface area contributed by atoms with Crippen LogP contribution in [0.4, 0.5) is 0 Å². The Labute approximate surface area is 111 Å². The molecule has 1 fully saturated rings. The number of hydrogen-bond acceptors (Lipinski definition) is 6. The summed E-state index contributed by atoms with van der Waals surface area (Å²) >= 11 is 2.78. The predicted molar refractivity (Wildman–Crippen MR) is 71.2 cm³/mol. The number of thioether (sulfide) groups is 1. The van der Waals surface area contributed by atoms with Gasteiger partial charge in [-0.25, -0.2) is 13.4 Å². The summed E-state index contributed by atoms with van der Waals surface area (Å²) < 4.78 is 25.5. The lowest BCUT2D eigenvalue weighted by molar-refractivity contribution is 0.525. The summed E-state index contributed by atoms with van der Waals surface area (Å²) in [6, 6.07) is 1.59. The number of hydrogen-bond donors (Lipinski definition) is 0. The van der Waals surface area contributed by atoms with Crippen molar-refractivity contribution in [2.24, 2.45) is 0 Å². The normalized spacial score (nSPS) is 28.4. The van der Waals surface area contributed by atoms with Crippen LogP contribution in [0.3, 0.4) is 0 Å². The van der Waals surface area contributed by atoms with Gasteiger partial charge < -0.3 is 0 Å². The van der Waals surface area contributed by atoms with Crippen molar-refractivity contribution >= 4 is 43.2 Å². The average Bonchev–Trinajstić information content (AvgIpc) is 2.90. The van der Waals surface area contributed by atoms with Crippen LogP contribution >= 0.6 is 23.1 Å². The molecule has 2 aliphatic heterocycles. The fourth-order valence-corrected chi connectivity index (χ4v) is 7.24. The van der Waals surface area contributed by atoms with Crippen LogP contribution in [0.25, 0.3) is 10.2 Å². The van der Waals surface area contributed by atoms with Gasteiger partial charge in [-0.3, -0.25) is 9.36 Å². The Hall–Kier alpha value is -0.860. The molecule has 0 N–H and O–H groups in total. The molecule has 2 atom stereocenters. The van der Waals surface area contributed by atoms with Gasteiger partial charge in [-0.15, -0.1) is 11.3 Å². The van der Waals surface area contributed by atoms with Gasteiger partial charge in [0.1, 0.15) is 4.70 Å². The smallest absolute Gasteiger partial charge is 0.272 e. The molecule has 8 heteroatoms. The molecule has 0 amide bonds. The minimum absolute atomic E-state index is 0.0493. The number of nitrogens with zero attached hydrogens (tertiary/aromatic N) is 2. The lowest BCUT2D eigenvalue weighted by Gasteiger charge is -2.09. The minimum Gasteiger partial charge on any atom is -0.281 e. The third kappa shape index (κ3) is 1.36. The number of aromatic nitrogens is 2. The maximum atomic E-state index is 12.4. The van der Waals surface area contributed by atoms with E-state index < -0.39 is 9.84 Å². The summed E-state index contributed by atoms with van der Waals surface area (Å²) in [6.45, 7) is 0. The Bertz CT molecular complexity index is 820. The van der Waals surface area contributed by atoms with E-state index in [1.165, 1.54) is 23.1 Å². The van der Waals surface area contributed by atoms with Crippen molar-refractivity contribution in [1.82, 2.24) is 9.55 Å². The van der Waals surface area contributed by atoms with E-state index in [-0.39, 0.29) is 28.4 Å². The minimum atomic E-state index is -3.01. The molecule has 5 nitrogen and oxygen atoms in total. The molecule has 4 heterocycles. The second-order valence-electron chi connectivity index (χ2n) is 4.51. The zero-order valence-electron chi connectivity index (χ0n) is 9.07. The van der Waals surface area contributed by atoms with Crippen LogP contribution in [0.2, 0.25) is 0 Å². The van der Waals surface area contributed by atoms with Crippen LogP contribution in [0.1, 0.15) is 6.04 Å². The third-order valence-corrected chi connectivity index (χ3v) is 7.44. The summed E-state index contributed by atoms with van der Waals surface area (Å²) in [5.74, 6) is 0.217. The first-order valence-electron chi connectivity index (χ1n) is 5.42. The van der Waals surface area contributed by atoms with Crippen molar-refractivity contribution in [3.05, 3.63) is 21.8 Å². The molecule has 1 saturated heterocycles. The Kier molecular flexibility index (Phi) is 2.06. The Morgan fingerprint density at radius 1 is 1.39 bits per heavy atom. The van der Waals surface area contributed by atoms with E-state index in [9.17, 15) is 13.2 Å². The van der Waals surface area contributed by atoms with Crippen LogP contribution in [-0.4, -0.2) is 34.7 Å². The molecule has 0 spiro atoms. The topological polar surface area (TPSA) is 69.0 Å². The first kappa shape index (κ1) is 11.0. The summed E-state index contributed by atoms with van der Waals surface area (Å²) in [7, 11) is -3.01. The fraction of sp³-hybridized carbons (Fsp3) is 0.400. The van der Waals surface area contributed by atoms with Crippen LogP contribution < -0.4 is 5.56 Å². The molecule has 0 unspecified atom stereocenters. The third-order valence-electron chi connectivity index (χ3n) is 3.34. The number of sulfone groups is 1. The SMILES string of the molecule is O=c1c2sccc2nc2n1[C@@H]1CS(=O)(=O)C[C@H]1S2. The molecule has 0 aromatic carbocycles. The van der Waals surface area contributed by atoms with Crippen LogP contribution in [-0.2, 0) is 9.84 Å². The molecule has 18 heavy (non-hydrogen) atoms. The fourth-order valence-electron chi connectivity index (χ4n) is 2.57. The zero-order chi connectivity index (χ0) is 12.5. The zero-order valence-corrected chi connectivity index (χ0v) is 11.5. The quantitative estimate of drug-likeness (QED) is 0.676. The van der Waals surface area contributed by atoms with E-state index in [4.69, 9.17) is 0 Å². The van der Waals surface area contributed by atoms with Crippen molar-refractivity contribution in [3.8, 4) is 0 Å². The van der Waals surface area contributed by atoms with E-state index >= 15 is 0 Å². The van der Waals surface area contributed by atoms with Gasteiger partial charge in [0, 0.05) is 5.25 Å². The predicted octanol–water partition coefficient (Wildman–Crippen LogP) is 0.902. The van der Waals surface area contributed by atoms with Crippen molar-refractivity contribution in [3.63, 3.8) is 0 Å². The van der Waals surface area contributed by atoms with Crippen LogP contribution in [0.5, 0.6) is 0 Å². The Morgan fingerprint density at radius 2 is 2.22 bits per heavy atom. The summed E-state index contributed by atoms with van der Waals surface area (Å²) in [5, 5.41) is 2.45. The van der Waals surface area contributed by atoms with Crippen molar-refractivity contribution in [2.45, 2.75) is 16.4 Å². The summed E-state index contributed by atoms with van der Waals surface area (Å²) in [4.78, 5) is 16.8. The first-order chi connectivity index (χ1) is 8.55. The van der Waals surface area contributed by atoms with Gasteiger partial charge in [0.15, 0.2) is 15.0 Å². The van der Waals surface area contributed by atoms with Crippen LogP contribution in [0, 0.1) is 0 Å². The molecule has 0 radical (unpaired) electrons. The van der Waals surface area contributed by atoms with Gasteiger partial charge >= 0.3 is 0 Å². The summed E-state index contributed by atoms with van der Waals surface area (Å²) in [6.07, 6.45) is 0. The first-order valence-corrected chi connectivity index (χ1v) is 9.00. The van der Waals surface area contributed by atoms with Gasteiger partial charge in [0.2, 0.25) is 0 Å². The lowest BCUT2D eigenvalue weighted by Crippen LogP contribution is -2.26. The molecule has 94 valence electrons. The van der Waals surface area contributed by atoms with E-state index in [2.05, 4.69) is 4.98 Å². The molecule has 2 aromatic rings. The van der Waals surface area contributed by atoms with E-state index in [0.717, 1.165) is 0 Å². The number of rotatable bonds is 0. The molecular formula is C10H8N2O3S3. The standard InChI is InChI=1S/C10H8N2O3S3/c13-9-8-5(1-2-16-8)11-10-12(9)6-3-18(14,15)4-7(6)17-10/h1-2,6-7H,3-4H2/t6-,7-/m1/s1. The van der Waals surface area contributed by atoms with Gasteiger partial charge in [-0.05, 0) is 11.4 Å². The van der Waals surface area contributed by atoms with Gasteiger partial charge in [-0.1, -0.05) is 11.8 Å². The molecule has 2 aromatic heterocycles. The molecular weight excluding hydrogens is 292 g/mol. The largest absolute Gasteiger partial charge is 0.281 e. The van der Waals surface area contributed by atoms with E-state index in [1.807, 2.05) is 11.4 Å². The average molecular weight is 300 g/mol. The molecule has 4 rings (SSSR count). The van der Waals surface area contributed by atoms with Crippen molar-refractivity contribution in [2.75, 3.05) is 11.5 Å². The highest BCUT2D eigenvalue weighted by Gasteiger charge is 2.46. The second-order valence-corrected chi connectivity index (χ2v) is 8.78.